The number of ether oxygens (including phenoxy) is 1. The van der Waals surface area contributed by atoms with Gasteiger partial charge in [0.15, 0.2) is 0 Å². The summed E-state index contributed by atoms with van der Waals surface area (Å²) in [5.74, 6) is -5.16. The van der Waals surface area contributed by atoms with Gasteiger partial charge in [-0.25, -0.2) is 14.6 Å². The van der Waals surface area contributed by atoms with Crippen LogP contribution in [-0.2, 0) is 20.9 Å². The monoisotopic (exact) mass is 572 g/mol. The lowest BCUT2D eigenvalue weighted by Crippen LogP contribution is -2.43. The Balaban J connectivity index is 0.000000301. The first-order valence-corrected chi connectivity index (χ1v) is 11.5. The van der Waals surface area contributed by atoms with Gasteiger partial charge in [-0.05, 0) is 12.1 Å². The lowest BCUT2D eigenvalue weighted by Gasteiger charge is -2.27. The molecule has 0 unspecified atom stereocenters. The maximum atomic E-state index is 12.2. The minimum atomic E-state index is -5.08. The molecule has 3 N–H and O–H groups in total. The van der Waals surface area contributed by atoms with E-state index in [1.165, 1.54) is 11.3 Å². The first kappa shape index (κ1) is 30.9. The van der Waals surface area contributed by atoms with Gasteiger partial charge >= 0.3 is 24.3 Å². The van der Waals surface area contributed by atoms with Gasteiger partial charge in [-0.1, -0.05) is 6.07 Å². The lowest BCUT2D eigenvalue weighted by atomic mass is 9.81. The quantitative estimate of drug-likeness (QED) is 0.461. The number of rotatable bonds is 5. The molecule has 0 aromatic carbocycles. The molecule has 4 heterocycles. The second-order valence-electron chi connectivity index (χ2n) is 8.23. The Morgan fingerprint density at radius 1 is 1.11 bits per heavy atom. The van der Waals surface area contributed by atoms with Crippen molar-refractivity contribution in [2.45, 2.75) is 18.9 Å². The number of fused-ring (bicyclic) bond motifs is 1. The van der Waals surface area contributed by atoms with Crippen molar-refractivity contribution in [1.29, 1.82) is 0 Å². The van der Waals surface area contributed by atoms with Crippen molar-refractivity contribution in [3.63, 3.8) is 0 Å². The highest BCUT2D eigenvalue weighted by Crippen LogP contribution is 2.41. The predicted molar refractivity (Wildman–Crippen MR) is 118 cm³/mol. The number of aliphatic carboxylic acids is 2. The van der Waals surface area contributed by atoms with E-state index in [-0.39, 0.29) is 11.3 Å². The molecule has 2 aliphatic rings. The normalized spacial score (nSPS) is 20.8. The molecule has 2 saturated heterocycles. The van der Waals surface area contributed by atoms with Gasteiger partial charge in [0.1, 0.15) is 5.69 Å². The van der Waals surface area contributed by atoms with Crippen molar-refractivity contribution in [2.24, 2.45) is 11.3 Å². The van der Waals surface area contributed by atoms with Crippen LogP contribution in [-0.4, -0.2) is 88.1 Å². The number of nitrogens with zero attached hydrogens (tertiary/aromatic N) is 3. The van der Waals surface area contributed by atoms with Crippen LogP contribution in [0.2, 0.25) is 0 Å². The molecule has 2 aromatic rings. The Labute approximate surface area is 215 Å². The van der Waals surface area contributed by atoms with Crippen LogP contribution in [0.1, 0.15) is 16.2 Å². The Bertz CT molecular complexity index is 1050. The summed E-state index contributed by atoms with van der Waals surface area (Å²) in [6.45, 7) is 4.86. The zero-order chi connectivity index (χ0) is 28.6. The number of likely N-dealkylation sites (tertiary alicyclic amines) is 1. The minimum Gasteiger partial charge on any atom is -0.475 e. The average molecular weight is 572 g/mol. The van der Waals surface area contributed by atoms with E-state index < -0.39 is 24.3 Å². The number of carbonyl (C=O) groups excluding carboxylic acids is 1. The van der Waals surface area contributed by atoms with Crippen molar-refractivity contribution >= 4 is 29.2 Å². The molecule has 4 rings (SSSR count). The molecule has 10 nitrogen and oxygen atoms in total. The van der Waals surface area contributed by atoms with Crippen LogP contribution in [0.25, 0.3) is 0 Å². The number of hydrogen-bond acceptors (Lipinski definition) is 8. The molecule has 38 heavy (non-hydrogen) atoms. The highest BCUT2D eigenvalue weighted by molar-refractivity contribution is 7.07. The van der Waals surface area contributed by atoms with Crippen LogP contribution < -0.4 is 5.32 Å². The van der Waals surface area contributed by atoms with Crippen molar-refractivity contribution in [3.8, 4) is 0 Å². The van der Waals surface area contributed by atoms with Gasteiger partial charge in [-0.3, -0.25) is 14.7 Å². The molecule has 0 spiro atoms. The molecule has 17 heteroatoms. The summed E-state index contributed by atoms with van der Waals surface area (Å²) in [6.07, 6.45) is -8.33. The number of hydrogen-bond donors (Lipinski definition) is 3. The molecule has 0 saturated carbocycles. The van der Waals surface area contributed by atoms with Crippen LogP contribution in [0.4, 0.5) is 26.3 Å². The Morgan fingerprint density at radius 3 is 2.24 bits per heavy atom. The molecule has 2 aromatic heterocycles. The SMILES string of the molecule is O=C(NC[C@]12COC[C@H]1CN(Cc1ccccn1)C2)c1cscn1.O=C(O)C(F)(F)F.O=C(O)C(F)(F)F. The van der Waals surface area contributed by atoms with Crippen molar-refractivity contribution in [2.75, 3.05) is 32.8 Å². The molecule has 0 aliphatic carbocycles. The Kier molecular flexibility index (Phi) is 10.5. The van der Waals surface area contributed by atoms with E-state index in [1.54, 1.807) is 10.9 Å². The number of carbonyl (C=O) groups is 3. The number of amides is 1. The maximum Gasteiger partial charge on any atom is 0.490 e. The van der Waals surface area contributed by atoms with Gasteiger partial charge in [-0.2, -0.15) is 26.3 Å². The van der Waals surface area contributed by atoms with E-state index in [4.69, 9.17) is 24.5 Å². The molecular weight excluding hydrogens is 550 g/mol. The fourth-order valence-corrected chi connectivity index (χ4v) is 4.24. The zero-order valence-electron chi connectivity index (χ0n) is 19.3. The van der Waals surface area contributed by atoms with E-state index in [0.29, 0.717) is 24.8 Å². The number of thiazole rings is 1. The number of halogens is 6. The fraction of sp³-hybridized carbons (Fsp3) is 0.476. The maximum absolute atomic E-state index is 12.2. The van der Waals surface area contributed by atoms with Gasteiger partial charge in [0.2, 0.25) is 0 Å². The number of nitrogens with one attached hydrogen (secondary N) is 1. The van der Waals surface area contributed by atoms with Crippen molar-refractivity contribution in [1.82, 2.24) is 20.2 Å². The topological polar surface area (TPSA) is 142 Å². The van der Waals surface area contributed by atoms with Crippen LogP contribution in [0.3, 0.4) is 0 Å². The summed E-state index contributed by atoms with van der Waals surface area (Å²) in [7, 11) is 0. The van der Waals surface area contributed by atoms with Crippen LogP contribution in [0, 0.1) is 11.3 Å². The smallest absolute Gasteiger partial charge is 0.475 e. The van der Waals surface area contributed by atoms with E-state index in [2.05, 4.69) is 26.3 Å². The number of aromatic nitrogens is 2. The van der Waals surface area contributed by atoms with Crippen LogP contribution in [0.15, 0.2) is 35.3 Å². The van der Waals surface area contributed by atoms with Crippen molar-refractivity contribution < 1.29 is 55.7 Å². The van der Waals surface area contributed by atoms with Gasteiger partial charge in [0.25, 0.3) is 5.91 Å². The largest absolute Gasteiger partial charge is 0.490 e. The highest BCUT2D eigenvalue weighted by atomic mass is 32.1. The Morgan fingerprint density at radius 2 is 1.74 bits per heavy atom. The fourth-order valence-electron chi connectivity index (χ4n) is 3.71. The average Bonchev–Trinajstić information content (AvgIpc) is 3.54. The highest BCUT2D eigenvalue weighted by Gasteiger charge is 2.50. The van der Waals surface area contributed by atoms with Crippen LogP contribution >= 0.6 is 11.3 Å². The van der Waals surface area contributed by atoms with Gasteiger partial charge in [0, 0.05) is 49.1 Å². The molecule has 2 fully saturated rings. The standard InChI is InChI=1S/C17H20N4O2S.2C2HF3O2/c22-16(15-8-24-12-20-15)19-9-17-10-21(5-13(17)7-23-11-17)6-14-3-1-2-4-18-14;2*3-2(4,5)1(6)7/h1-4,8,12-13H,5-7,9-11H2,(H,19,22);2*(H,6,7)/t13-,17+;;/m1../s1. The predicted octanol–water partition coefficient (Wildman–Crippen LogP) is 2.68. The third kappa shape index (κ3) is 9.21. The van der Waals surface area contributed by atoms with Crippen LogP contribution in [0.5, 0.6) is 0 Å². The number of carboxylic acids is 2. The first-order valence-electron chi connectivity index (χ1n) is 10.6. The second-order valence-corrected chi connectivity index (χ2v) is 8.95. The molecule has 2 atom stereocenters. The van der Waals surface area contributed by atoms with Gasteiger partial charge < -0.3 is 20.3 Å². The number of alkyl halides is 6. The van der Waals surface area contributed by atoms with E-state index in [9.17, 15) is 31.1 Å². The summed E-state index contributed by atoms with van der Waals surface area (Å²) < 4.78 is 69.2. The zero-order valence-corrected chi connectivity index (χ0v) is 20.1. The summed E-state index contributed by atoms with van der Waals surface area (Å²) >= 11 is 1.43. The number of carboxylic acid groups (broad SMARTS) is 2. The molecule has 0 bridgehead atoms. The third-order valence-corrected chi connectivity index (χ3v) is 6.04. The summed E-state index contributed by atoms with van der Waals surface area (Å²) in [5, 5.41) is 19.1. The minimum absolute atomic E-state index is 0.000458. The van der Waals surface area contributed by atoms with E-state index in [1.807, 2.05) is 18.3 Å². The summed E-state index contributed by atoms with van der Waals surface area (Å²) in [6, 6.07) is 6.01. The third-order valence-electron chi connectivity index (χ3n) is 5.45. The summed E-state index contributed by atoms with van der Waals surface area (Å²) in [5.41, 5.74) is 3.26. The van der Waals surface area contributed by atoms with Crippen molar-refractivity contribution in [3.05, 3.63) is 46.7 Å². The second kappa shape index (κ2) is 13.0. The molecule has 1 amide bonds. The molecular formula is C21H22F6N4O6S. The summed E-state index contributed by atoms with van der Waals surface area (Å²) in [4.78, 5) is 40.9. The van der Waals surface area contributed by atoms with Gasteiger partial charge in [-0.15, -0.1) is 11.3 Å². The molecule has 2 aliphatic heterocycles. The van der Waals surface area contributed by atoms with E-state index in [0.717, 1.165) is 31.9 Å². The molecule has 0 radical (unpaired) electrons. The number of pyridine rings is 1. The lowest BCUT2D eigenvalue weighted by molar-refractivity contribution is -0.193. The van der Waals surface area contributed by atoms with E-state index >= 15 is 0 Å². The van der Waals surface area contributed by atoms with Gasteiger partial charge in [0.05, 0.1) is 24.4 Å². The first-order chi connectivity index (χ1) is 17.6. The molecule has 210 valence electrons. The Hall–Kier alpha value is -3.31.